The highest BCUT2D eigenvalue weighted by molar-refractivity contribution is 7.80. The lowest BCUT2D eigenvalue weighted by molar-refractivity contribution is -0.142. The molecule has 0 bridgehead atoms. The van der Waals surface area contributed by atoms with Crippen LogP contribution in [0.25, 0.3) is 0 Å². The Balaban J connectivity index is 4.64. The van der Waals surface area contributed by atoms with Crippen LogP contribution >= 0.6 is 12.6 Å². The minimum absolute atomic E-state index is 0.172. The molecule has 0 aliphatic heterocycles. The van der Waals surface area contributed by atoms with E-state index in [1.54, 1.807) is 0 Å². The summed E-state index contributed by atoms with van der Waals surface area (Å²) in [6.45, 7) is -0.549. The van der Waals surface area contributed by atoms with Gasteiger partial charge in [-0.05, 0) is 6.42 Å². The third kappa shape index (κ3) is 10.3. The van der Waals surface area contributed by atoms with Crippen LogP contribution in [-0.4, -0.2) is 71.0 Å². The minimum atomic E-state index is -1.38. The Bertz CT molecular complexity index is 629. The second-order valence-corrected chi connectivity index (χ2v) is 6.07. The van der Waals surface area contributed by atoms with E-state index in [9.17, 15) is 28.8 Å². The molecular weight excluding hydrogens is 396 g/mol. The molecule has 0 radical (unpaired) electrons. The van der Waals surface area contributed by atoms with E-state index in [2.05, 4.69) is 28.6 Å². The number of hydrogen-bond donors (Lipinski definition) is 8. The fraction of sp³-hybridized carbons (Fsp3) is 0.571. The van der Waals surface area contributed by atoms with Gasteiger partial charge in [-0.25, -0.2) is 4.79 Å². The molecule has 5 amide bonds. The molecule has 0 aliphatic carbocycles. The summed E-state index contributed by atoms with van der Waals surface area (Å²) < 4.78 is 0. The lowest BCUT2D eigenvalue weighted by Crippen LogP contribution is -2.54. The Morgan fingerprint density at radius 2 is 1.54 bits per heavy atom. The van der Waals surface area contributed by atoms with Gasteiger partial charge in [0.2, 0.25) is 29.5 Å². The number of nitrogens with one attached hydrogen (secondary N) is 3. The number of primary amides is 2. The Kier molecular flexibility index (Phi) is 11.2. The molecule has 0 spiro atoms. The van der Waals surface area contributed by atoms with Crippen LogP contribution in [0.4, 0.5) is 0 Å². The largest absolute Gasteiger partial charge is 0.480 e. The van der Waals surface area contributed by atoms with Crippen molar-refractivity contribution in [1.29, 1.82) is 0 Å². The Hall–Kier alpha value is -2.87. The van der Waals surface area contributed by atoms with E-state index in [0.29, 0.717) is 0 Å². The predicted octanol–water partition coefficient (Wildman–Crippen LogP) is -4.45. The van der Waals surface area contributed by atoms with Gasteiger partial charge in [-0.2, -0.15) is 12.6 Å². The molecule has 3 atom stereocenters. The smallest absolute Gasteiger partial charge is 0.326 e. The van der Waals surface area contributed by atoms with Gasteiger partial charge in [-0.3, -0.25) is 24.0 Å². The predicted molar refractivity (Wildman–Crippen MR) is 98.6 cm³/mol. The van der Waals surface area contributed by atoms with Crippen LogP contribution in [0, 0.1) is 0 Å². The molecule has 0 heterocycles. The van der Waals surface area contributed by atoms with Crippen molar-refractivity contribution >= 4 is 48.1 Å². The first-order chi connectivity index (χ1) is 13.0. The number of aliphatic carboxylic acids is 1. The van der Waals surface area contributed by atoms with Crippen LogP contribution in [-0.2, 0) is 28.8 Å². The Morgan fingerprint density at radius 3 is 2.00 bits per heavy atom. The highest BCUT2D eigenvalue weighted by atomic mass is 32.1. The summed E-state index contributed by atoms with van der Waals surface area (Å²) >= 11 is 3.91. The molecule has 0 aromatic rings. The van der Waals surface area contributed by atoms with Crippen LogP contribution in [0.3, 0.4) is 0 Å². The summed E-state index contributed by atoms with van der Waals surface area (Å²) in [5.41, 5.74) is 15.3. The highest BCUT2D eigenvalue weighted by Gasteiger charge is 2.26. The van der Waals surface area contributed by atoms with Crippen molar-refractivity contribution in [3.05, 3.63) is 0 Å². The Labute approximate surface area is 165 Å². The van der Waals surface area contributed by atoms with Gasteiger partial charge in [0.05, 0.1) is 19.0 Å². The summed E-state index contributed by atoms with van der Waals surface area (Å²) in [5.74, 6) is -5.50. The lowest BCUT2D eigenvalue weighted by atomic mass is 10.1. The molecule has 0 saturated carbocycles. The second-order valence-electron chi connectivity index (χ2n) is 5.70. The number of hydrogen-bond acceptors (Lipinski definition) is 8. The molecule has 0 aromatic carbocycles. The van der Waals surface area contributed by atoms with Crippen molar-refractivity contribution < 1.29 is 33.9 Å². The third-order valence-electron chi connectivity index (χ3n) is 3.31. The number of rotatable bonds is 13. The average Bonchev–Trinajstić information content (AvgIpc) is 2.59. The molecular formula is C14H24N6O7S. The SMILES string of the molecule is NC(=O)CCC(NC(=O)C(CS)NC(=O)CNC(=O)C(N)CC(N)=O)C(=O)O. The van der Waals surface area contributed by atoms with Gasteiger partial charge in [0, 0.05) is 12.2 Å². The van der Waals surface area contributed by atoms with E-state index in [1.165, 1.54) is 0 Å². The second kappa shape index (κ2) is 12.5. The number of carbonyl (C=O) groups is 6. The maximum Gasteiger partial charge on any atom is 0.326 e. The average molecular weight is 420 g/mol. The van der Waals surface area contributed by atoms with E-state index >= 15 is 0 Å². The van der Waals surface area contributed by atoms with Gasteiger partial charge in [-0.1, -0.05) is 0 Å². The van der Waals surface area contributed by atoms with Crippen LogP contribution in [0.5, 0.6) is 0 Å². The summed E-state index contributed by atoms with van der Waals surface area (Å²) in [5, 5.41) is 15.6. The molecule has 14 heteroatoms. The summed E-state index contributed by atoms with van der Waals surface area (Å²) in [7, 11) is 0. The molecule has 0 fully saturated rings. The van der Waals surface area contributed by atoms with Gasteiger partial charge in [0.1, 0.15) is 12.1 Å². The fourth-order valence-electron chi connectivity index (χ4n) is 1.86. The summed E-state index contributed by atoms with van der Waals surface area (Å²) in [6.07, 6.45) is -0.888. The van der Waals surface area contributed by atoms with Crippen LogP contribution in [0.2, 0.25) is 0 Å². The molecule has 10 N–H and O–H groups in total. The number of nitrogens with two attached hydrogens (primary N) is 3. The van der Waals surface area contributed by atoms with Crippen molar-refractivity contribution in [2.45, 2.75) is 37.4 Å². The number of amides is 5. The Morgan fingerprint density at radius 1 is 0.929 bits per heavy atom. The molecule has 28 heavy (non-hydrogen) atoms. The molecule has 0 saturated heterocycles. The van der Waals surface area contributed by atoms with Gasteiger partial charge in [-0.15, -0.1) is 0 Å². The zero-order valence-electron chi connectivity index (χ0n) is 14.8. The molecule has 0 aliphatic rings. The zero-order valence-corrected chi connectivity index (χ0v) is 15.7. The maximum absolute atomic E-state index is 12.1. The van der Waals surface area contributed by atoms with Crippen molar-refractivity contribution in [3.63, 3.8) is 0 Å². The van der Waals surface area contributed by atoms with E-state index in [0.717, 1.165) is 0 Å². The summed E-state index contributed by atoms with van der Waals surface area (Å²) in [6, 6.07) is -3.82. The van der Waals surface area contributed by atoms with E-state index in [-0.39, 0.29) is 18.6 Å². The zero-order chi connectivity index (χ0) is 21.9. The van der Waals surface area contributed by atoms with Gasteiger partial charge in [0.25, 0.3) is 0 Å². The normalized spacial score (nSPS) is 13.5. The van der Waals surface area contributed by atoms with Crippen molar-refractivity contribution in [3.8, 4) is 0 Å². The quantitative estimate of drug-likeness (QED) is 0.135. The molecule has 0 rings (SSSR count). The molecule has 13 nitrogen and oxygen atoms in total. The minimum Gasteiger partial charge on any atom is -0.480 e. The number of carbonyl (C=O) groups excluding carboxylic acids is 5. The van der Waals surface area contributed by atoms with E-state index in [1.807, 2.05) is 0 Å². The number of carboxylic acid groups (broad SMARTS) is 1. The lowest BCUT2D eigenvalue weighted by Gasteiger charge is -2.20. The van der Waals surface area contributed by atoms with Crippen molar-refractivity contribution in [1.82, 2.24) is 16.0 Å². The van der Waals surface area contributed by atoms with E-state index < -0.39 is 66.6 Å². The van der Waals surface area contributed by atoms with Crippen LogP contribution in [0.1, 0.15) is 19.3 Å². The standard InChI is InChI=1S/C14H24N6O7S/c15-6(3-10(17)22)12(24)18-4-11(23)19-8(5-28)13(25)20-7(14(26)27)1-2-9(16)21/h6-8,28H,1-5,15H2,(H2,16,21)(H2,17,22)(H,18,24)(H,19,23)(H,20,25)(H,26,27). The molecule has 0 aromatic heterocycles. The van der Waals surface area contributed by atoms with Gasteiger partial charge in [0.15, 0.2) is 0 Å². The third-order valence-corrected chi connectivity index (χ3v) is 3.67. The summed E-state index contributed by atoms with van der Waals surface area (Å²) in [4.78, 5) is 68.2. The molecule has 158 valence electrons. The fourth-order valence-corrected chi connectivity index (χ4v) is 2.12. The first kappa shape index (κ1) is 25.1. The first-order valence-corrected chi connectivity index (χ1v) is 8.64. The highest BCUT2D eigenvalue weighted by Crippen LogP contribution is 1.99. The maximum atomic E-state index is 12.1. The van der Waals surface area contributed by atoms with Crippen molar-refractivity contribution in [2.75, 3.05) is 12.3 Å². The topological polar surface area (TPSA) is 237 Å². The van der Waals surface area contributed by atoms with Crippen LogP contribution < -0.4 is 33.2 Å². The first-order valence-electron chi connectivity index (χ1n) is 8.01. The van der Waals surface area contributed by atoms with Crippen molar-refractivity contribution in [2.24, 2.45) is 17.2 Å². The van der Waals surface area contributed by atoms with E-state index in [4.69, 9.17) is 22.3 Å². The van der Waals surface area contributed by atoms with Gasteiger partial charge >= 0.3 is 5.97 Å². The number of carboxylic acids is 1. The number of thiol groups is 1. The van der Waals surface area contributed by atoms with Gasteiger partial charge < -0.3 is 38.3 Å². The monoisotopic (exact) mass is 420 g/mol. The molecule has 3 unspecified atom stereocenters. The van der Waals surface area contributed by atoms with Crippen LogP contribution in [0.15, 0.2) is 0 Å².